The van der Waals surface area contributed by atoms with Gasteiger partial charge < -0.3 is 0 Å². The fraction of sp³-hybridized carbons (Fsp3) is 0.538. The van der Waals surface area contributed by atoms with Gasteiger partial charge in [0.15, 0.2) is 0 Å². The highest BCUT2D eigenvalue weighted by Gasteiger charge is 2.44. The van der Waals surface area contributed by atoms with E-state index in [4.69, 9.17) is 0 Å². The summed E-state index contributed by atoms with van der Waals surface area (Å²) in [7, 11) is 0.0864. The van der Waals surface area contributed by atoms with Crippen molar-refractivity contribution in [3.8, 4) is 0 Å². The van der Waals surface area contributed by atoms with Gasteiger partial charge in [0.05, 0.1) is 6.67 Å². The van der Waals surface area contributed by atoms with Crippen LogP contribution in [0.1, 0.15) is 5.56 Å². The highest BCUT2D eigenvalue weighted by Crippen LogP contribution is 2.52. The maximum Gasteiger partial charge on any atom is 0.0515 e. The molecule has 2 unspecified atom stereocenters. The van der Waals surface area contributed by atoms with Crippen molar-refractivity contribution in [3.63, 3.8) is 0 Å². The molecule has 4 fully saturated rings. The van der Waals surface area contributed by atoms with E-state index in [1.807, 2.05) is 0 Å². The van der Waals surface area contributed by atoms with Crippen LogP contribution < -0.4 is 0 Å². The fourth-order valence-corrected chi connectivity index (χ4v) is 6.06. The smallest absolute Gasteiger partial charge is 0.0515 e. The van der Waals surface area contributed by atoms with Gasteiger partial charge in [-0.1, -0.05) is 30.3 Å². The molecular weight excluding hydrogens is 229 g/mol. The van der Waals surface area contributed by atoms with Crippen molar-refractivity contribution < 1.29 is 0 Å². The van der Waals surface area contributed by atoms with E-state index in [1.54, 1.807) is 0 Å². The van der Waals surface area contributed by atoms with Crippen molar-refractivity contribution in [2.24, 2.45) is 0 Å². The molecule has 4 heteroatoms. The van der Waals surface area contributed by atoms with Gasteiger partial charge in [0, 0.05) is 38.2 Å². The normalized spacial score (nSPS) is 39.8. The van der Waals surface area contributed by atoms with Gasteiger partial charge in [-0.25, -0.2) is 0 Å². The zero-order valence-corrected chi connectivity index (χ0v) is 10.9. The number of hydrogen-bond donors (Lipinski definition) is 0. The van der Waals surface area contributed by atoms with Crippen molar-refractivity contribution >= 4 is 8.07 Å². The molecule has 4 bridgehead atoms. The van der Waals surface area contributed by atoms with Crippen LogP contribution in [-0.2, 0) is 6.54 Å². The Kier molecular flexibility index (Phi) is 2.48. The molecule has 0 N–H and O–H groups in total. The van der Waals surface area contributed by atoms with Crippen molar-refractivity contribution in [1.82, 2.24) is 14.5 Å². The van der Waals surface area contributed by atoms with E-state index in [2.05, 4.69) is 44.8 Å². The maximum absolute atomic E-state index is 2.80. The zero-order valence-electron chi connectivity index (χ0n) is 10.00. The van der Waals surface area contributed by atoms with Crippen LogP contribution in [0.4, 0.5) is 0 Å². The molecular formula is C13H18N3P. The summed E-state index contributed by atoms with van der Waals surface area (Å²) in [6.07, 6.45) is 2.68. The second-order valence-corrected chi connectivity index (χ2v) is 7.47. The molecule has 2 atom stereocenters. The number of hydrogen-bond acceptors (Lipinski definition) is 3. The largest absolute Gasteiger partial charge is 0.283 e. The molecule has 1 aromatic rings. The SMILES string of the molecule is c1ccc(CN2C3CN4CN(C3)CP2C4)cc1. The average Bonchev–Trinajstić information content (AvgIpc) is 2.34. The Labute approximate surface area is 104 Å². The minimum absolute atomic E-state index is 0.0864. The van der Waals surface area contributed by atoms with Gasteiger partial charge in [-0.15, -0.1) is 0 Å². The molecule has 4 aliphatic heterocycles. The first-order valence-corrected chi connectivity index (χ1v) is 8.05. The molecule has 90 valence electrons. The molecule has 3 nitrogen and oxygen atoms in total. The van der Waals surface area contributed by atoms with E-state index in [-0.39, 0.29) is 8.07 Å². The van der Waals surface area contributed by atoms with Gasteiger partial charge in [0.1, 0.15) is 0 Å². The molecule has 4 saturated heterocycles. The summed E-state index contributed by atoms with van der Waals surface area (Å²) in [5, 5.41) is 0. The topological polar surface area (TPSA) is 9.72 Å². The number of benzene rings is 1. The summed E-state index contributed by atoms with van der Waals surface area (Å²) in [5.74, 6) is 0. The molecule has 0 amide bonds. The first-order chi connectivity index (χ1) is 8.38. The van der Waals surface area contributed by atoms with Crippen LogP contribution in [0.2, 0.25) is 0 Å². The Balaban J connectivity index is 1.55. The van der Waals surface area contributed by atoms with Crippen LogP contribution >= 0.6 is 8.07 Å². The van der Waals surface area contributed by atoms with Crippen LogP contribution in [0.5, 0.6) is 0 Å². The van der Waals surface area contributed by atoms with E-state index < -0.39 is 0 Å². The predicted molar refractivity (Wildman–Crippen MR) is 70.7 cm³/mol. The lowest BCUT2D eigenvalue weighted by Crippen LogP contribution is -2.65. The lowest BCUT2D eigenvalue weighted by atomic mass is 10.1. The Hall–Kier alpha value is -0.470. The van der Waals surface area contributed by atoms with Crippen LogP contribution in [0.25, 0.3) is 0 Å². The monoisotopic (exact) mass is 247 g/mol. The fourth-order valence-electron chi connectivity index (χ4n) is 3.34. The van der Waals surface area contributed by atoms with Gasteiger partial charge in [0.25, 0.3) is 0 Å². The molecule has 17 heavy (non-hydrogen) atoms. The van der Waals surface area contributed by atoms with Gasteiger partial charge in [0.2, 0.25) is 0 Å². The highest BCUT2D eigenvalue weighted by atomic mass is 31.1. The molecule has 0 saturated carbocycles. The quantitative estimate of drug-likeness (QED) is 0.737. The minimum atomic E-state index is 0.0864. The Bertz CT molecular complexity index is 380. The van der Waals surface area contributed by atoms with E-state index in [1.165, 1.54) is 44.4 Å². The van der Waals surface area contributed by atoms with Crippen molar-refractivity contribution in [2.75, 3.05) is 32.3 Å². The zero-order chi connectivity index (χ0) is 11.2. The Morgan fingerprint density at radius 2 is 1.76 bits per heavy atom. The van der Waals surface area contributed by atoms with Crippen molar-refractivity contribution in [1.29, 1.82) is 0 Å². The van der Waals surface area contributed by atoms with E-state index in [9.17, 15) is 0 Å². The molecule has 0 aliphatic carbocycles. The van der Waals surface area contributed by atoms with Crippen LogP contribution in [0, 0.1) is 0 Å². The molecule has 1 aromatic carbocycles. The van der Waals surface area contributed by atoms with Crippen LogP contribution in [-0.4, -0.2) is 52.8 Å². The van der Waals surface area contributed by atoms with Gasteiger partial charge >= 0.3 is 0 Å². The first kappa shape index (κ1) is 10.5. The van der Waals surface area contributed by atoms with Crippen LogP contribution in [0.3, 0.4) is 0 Å². The summed E-state index contributed by atoms with van der Waals surface area (Å²) in [4.78, 5) is 5.29. The van der Waals surface area contributed by atoms with Gasteiger partial charge in [-0.2, -0.15) is 0 Å². The molecule has 0 spiro atoms. The molecule has 4 heterocycles. The summed E-state index contributed by atoms with van der Waals surface area (Å²) in [6.45, 7) is 4.98. The molecule has 0 radical (unpaired) electrons. The third-order valence-corrected chi connectivity index (χ3v) is 6.68. The highest BCUT2D eigenvalue weighted by molar-refractivity contribution is 7.55. The minimum Gasteiger partial charge on any atom is -0.283 e. The van der Waals surface area contributed by atoms with Crippen LogP contribution in [0.15, 0.2) is 30.3 Å². The first-order valence-electron chi connectivity index (χ1n) is 6.38. The predicted octanol–water partition coefficient (Wildman–Crippen LogP) is 1.77. The second-order valence-electron chi connectivity index (χ2n) is 5.37. The van der Waals surface area contributed by atoms with E-state index in [0.717, 1.165) is 6.04 Å². The maximum atomic E-state index is 2.80. The van der Waals surface area contributed by atoms with E-state index >= 15 is 0 Å². The third-order valence-electron chi connectivity index (χ3n) is 4.04. The standard InChI is InChI=1S/C13H18N3P/c1-2-4-12(5-3-1)6-16-13-7-14-9-15(8-13)11-17(16)10-14/h1-5,13H,6-11H2. The molecule has 5 rings (SSSR count). The average molecular weight is 247 g/mol. The lowest BCUT2D eigenvalue weighted by molar-refractivity contribution is 0.0223. The van der Waals surface area contributed by atoms with Gasteiger partial charge in [-0.3, -0.25) is 14.5 Å². The summed E-state index contributed by atoms with van der Waals surface area (Å²) in [5.41, 5.74) is 1.48. The number of rotatable bonds is 2. The molecule has 0 aromatic heterocycles. The van der Waals surface area contributed by atoms with E-state index in [0.29, 0.717) is 0 Å². The number of nitrogens with zero attached hydrogens (tertiary/aromatic N) is 3. The summed E-state index contributed by atoms with van der Waals surface area (Å²) >= 11 is 0. The Morgan fingerprint density at radius 3 is 2.41 bits per heavy atom. The Morgan fingerprint density at radius 1 is 1.06 bits per heavy atom. The van der Waals surface area contributed by atoms with Crippen molar-refractivity contribution in [2.45, 2.75) is 12.6 Å². The summed E-state index contributed by atoms with van der Waals surface area (Å²) < 4.78 is 2.80. The summed E-state index contributed by atoms with van der Waals surface area (Å²) in [6, 6.07) is 11.7. The lowest BCUT2D eigenvalue weighted by Gasteiger charge is -2.59. The van der Waals surface area contributed by atoms with Crippen molar-refractivity contribution in [3.05, 3.63) is 35.9 Å². The molecule has 4 aliphatic rings. The van der Waals surface area contributed by atoms with Gasteiger partial charge in [-0.05, 0) is 13.6 Å². The third kappa shape index (κ3) is 1.82. The second kappa shape index (κ2) is 4.03.